The van der Waals surface area contributed by atoms with Gasteiger partial charge >= 0.3 is 0 Å². The van der Waals surface area contributed by atoms with E-state index < -0.39 is 0 Å². The number of amides is 1. The van der Waals surface area contributed by atoms with Crippen molar-refractivity contribution >= 4 is 28.9 Å². The van der Waals surface area contributed by atoms with Crippen LogP contribution in [0.3, 0.4) is 0 Å². The van der Waals surface area contributed by atoms with Crippen molar-refractivity contribution in [1.29, 1.82) is 0 Å². The summed E-state index contributed by atoms with van der Waals surface area (Å²) in [6, 6.07) is 9.52. The largest absolute Gasteiger partial charge is 0.372 e. The maximum absolute atomic E-state index is 12.1. The normalized spacial score (nSPS) is 14.2. The number of anilines is 2. The van der Waals surface area contributed by atoms with Gasteiger partial charge in [0.25, 0.3) is 5.91 Å². The van der Waals surface area contributed by atoms with Gasteiger partial charge in [0.2, 0.25) is 0 Å². The number of rotatable bonds is 3. The Hall–Kier alpha value is -2.07. The van der Waals surface area contributed by atoms with Gasteiger partial charge in [0.15, 0.2) is 0 Å². The number of halogens is 1. The molecular weight excluding hydrogens is 286 g/mol. The molecule has 21 heavy (non-hydrogen) atoms. The second-order valence-electron chi connectivity index (χ2n) is 5.05. The first-order chi connectivity index (χ1) is 10.2. The zero-order valence-electron chi connectivity index (χ0n) is 11.6. The van der Waals surface area contributed by atoms with Crippen molar-refractivity contribution in [1.82, 2.24) is 4.98 Å². The monoisotopic (exact) mass is 301 g/mol. The van der Waals surface area contributed by atoms with E-state index in [9.17, 15) is 4.79 Å². The van der Waals surface area contributed by atoms with Crippen LogP contribution < -0.4 is 10.2 Å². The molecule has 0 aliphatic carbocycles. The average molecular weight is 302 g/mol. The number of pyridine rings is 1. The van der Waals surface area contributed by atoms with Crippen molar-refractivity contribution in [2.45, 2.75) is 12.8 Å². The Kier molecular flexibility index (Phi) is 4.06. The summed E-state index contributed by atoms with van der Waals surface area (Å²) in [5.74, 6) is -0.226. The highest BCUT2D eigenvalue weighted by Crippen LogP contribution is 2.23. The van der Waals surface area contributed by atoms with Crippen molar-refractivity contribution in [2.24, 2.45) is 0 Å². The topological polar surface area (TPSA) is 45.2 Å². The van der Waals surface area contributed by atoms with Crippen molar-refractivity contribution in [2.75, 3.05) is 23.3 Å². The van der Waals surface area contributed by atoms with E-state index >= 15 is 0 Å². The number of nitrogens with zero attached hydrogens (tertiary/aromatic N) is 2. The van der Waals surface area contributed by atoms with Crippen LogP contribution in [0.15, 0.2) is 42.7 Å². The number of benzene rings is 1. The number of aromatic nitrogens is 1. The minimum Gasteiger partial charge on any atom is -0.372 e. The third-order valence-electron chi connectivity index (χ3n) is 3.61. The highest BCUT2D eigenvalue weighted by Gasteiger charge is 2.13. The van der Waals surface area contributed by atoms with E-state index in [1.54, 1.807) is 12.3 Å². The summed E-state index contributed by atoms with van der Waals surface area (Å²) in [6.45, 7) is 2.22. The molecule has 0 bridgehead atoms. The molecule has 0 saturated carbocycles. The SMILES string of the molecule is O=C(Nc1ccc(N2CCCC2)cc1)c1ccncc1Cl. The van der Waals surface area contributed by atoms with Gasteiger partial charge in [-0.15, -0.1) is 0 Å². The fraction of sp³-hybridized carbons (Fsp3) is 0.250. The molecular formula is C16H16ClN3O. The summed E-state index contributed by atoms with van der Waals surface area (Å²) in [5, 5.41) is 3.20. The zero-order valence-corrected chi connectivity index (χ0v) is 12.3. The fourth-order valence-corrected chi connectivity index (χ4v) is 2.69. The van der Waals surface area contributed by atoms with E-state index in [1.807, 2.05) is 24.3 Å². The lowest BCUT2D eigenvalue weighted by molar-refractivity contribution is 0.102. The second-order valence-corrected chi connectivity index (χ2v) is 5.46. The molecule has 1 N–H and O–H groups in total. The quantitative estimate of drug-likeness (QED) is 0.942. The minimum absolute atomic E-state index is 0.226. The first kappa shape index (κ1) is 13.9. The van der Waals surface area contributed by atoms with Gasteiger partial charge in [-0.05, 0) is 43.2 Å². The standard InChI is InChI=1S/C16H16ClN3O/c17-15-11-18-8-7-14(15)16(21)19-12-3-5-13(6-4-12)20-9-1-2-10-20/h3-8,11H,1-2,9-10H2,(H,19,21). The molecule has 1 aromatic carbocycles. The summed E-state index contributed by atoms with van der Waals surface area (Å²) >= 11 is 5.97. The molecule has 0 spiro atoms. The predicted octanol–water partition coefficient (Wildman–Crippen LogP) is 3.59. The maximum Gasteiger partial charge on any atom is 0.257 e. The van der Waals surface area contributed by atoms with Gasteiger partial charge in [0.1, 0.15) is 0 Å². The molecule has 3 rings (SSSR count). The molecule has 1 aliphatic heterocycles. The van der Waals surface area contributed by atoms with Gasteiger partial charge in [0.05, 0.1) is 10.6 Å². The van der Waals surface area contributed by atoms with Crippen LogP contribution in [0, 0.1) is 0 Å². The van der Waals surface area contributed by atoms with E-state index in [0.29, 0.717) is 10.6 Å². The third-order valence-corrected chi connectivity index (χ3v) is 3.91. The summed E-state index contributed by atoms with van der Waals surface area (Å²) in [6.07, 6.45) is 5.52. The molecule has 0 radical (unpaired) electrons. The Morgan fingerprint density at radius 2 is 1.86 bits per heavy atom. The molecule has 0 atom stereocenters. The fourth-order valence-electron chi connectivity index (χ4n) is 2.49. The van der Waals surface area contributed by atoms with Gasteiger partial charge in [-0.1, -0.05) is 11.6 Å². The molecule has 1 aliphatic rings. The number of hydrogen-bond donors (Lipinski definition) is 1. The first-order valence-electron chi connectivity index (χ1n) is 7.00. The van der Waals surface area contributed by atoms with E-state index in [0.717, 1.165) is 18.8 Å². The molecule has 4 nitrogen and oxygen atoms in total. The number of carbonyl (C=O) groups is 1. The molecule has 108 valence electrons. The van der Waals surface area contributed by atoms with Gasteiger partial charge in [-0.2, -0.15) is 0 Å². The van der Waals surface area contributed by atoms with E-state index in [4.69, 9.17) is 11.6 Å². The van der Waals surface area contributed by atoms with Crippen molar-refractivity contribution in [3.63, 3.8) is 0 Å². The van der Waals surface area contributed by atoms with Crippen LogP contribution in [0.2, 0.25) is 5.02 Å². The lowest BCUT2D eigenvalue weighted by Crippen LogP contribution is -2.17. The lowest BCUT2D eigenvalue weighted by atomic mass is 10.2. The second kappa shape index (κ2) is 6.14. The molecule has 1 saturated heterocycles. The lowest BCUT2D eigenvalue weighted by Gasteiger charge is -2.17. The third kappa shape index (κ3) is 3.16. The van der Waals surface area contributed by atoms with E-state index in [2.05, 4.69) is 15.2 Å². The van der Waals surface area contributed by atoms with Crippen LogP contribution in [0.1, 0.15) is 23.2 Å². The molecule has 2 heterocycles. The van der Waals surface area contributed by atoms with Gasteiger partial charge in [0, 0.05) is 36.9 Å². The Bertz CT molecular complexity index is 636. The van der Waals surface area contributed by atoms with Crippen LogP contribution in [0.25, 0.3) is 0 Å². The van der Waals surface area contributed by atoms with Crippen LogP contribution in [0.4, 0.5) is 11.4 Å². The predicted molar refractivity (Wildman–Crippen MR) is 85.1 cm³/mol. The summed E-state index contributed by atoms with van der Waals surface area (Å²) in [5.41, 5.74) is 2.39. The highest BCUT2D eigenvalue weighted by molar-refractivity contribution is 6.34. The Morgan fingerprint density at radius 3 is 2.52 bits per heavy atom. The molecule has 1 amide bonds. The van der Waals surface area contributed by atoms with E-state index in [-0.39, 0.29) is 5.91 Å². The highest BCUT2D eigenvalue weighted by atomic mass is 35.5. The Morgan fingerprint density at radius 1 is 1.14 bits per heavy atom. The average Bonchev–Trinajstić information content (AvgIpc) is 3.02. The number of hydrogen-bond acceptors (Lipinski definition) is 3. The summed E-state index contributed by atoms with van der Waals surface area (Å²) in [7, 11) is 0. The Balaban J connectivity index is 1.70. The number of carbonyl (C=O) groups excluding carboxylic acids is 1. The molecule has 2 aromatic rings. The van der Waals surface area contributed by atoms with Crippen LogP contribution >= 0.6 is 11.6 Å². The summed E-state index contributed by atoms with van der Waals surface area (Å²) in [4.78, 5) is 18.4. The minimum atomic E-state index is -0.226. The zero-order chi connectivity index (χ0) is 14.7. The van der Waals surface area contributed by atoms with Crippen molar-refractivity contribution in [3.8, 4) is 0 Å². The Labute approximate surface area is 128 Å². The van der Waals surface area contributed by atoms with Gasteiger partial charge < -0.3 is 10.2 Å². The van der Waals surface area contributed by atoms with Crippen molar-refractivity contribution in [3.05, 3.63) is 53.3 Å². The molecule has 1 aromatic heterocycles. The first-order valence-corrected chi connectivity index (χ1v) is 7.38. The van der Waals surface area contributed by atoms with Crippen molar-refractivity contribution < 1.29 is 4.79 Å². The molecule has 0 unspecified atom stereocenters. The van der Waals surface area contributed by atoms with Crippen LogP contribution in [-0.4, -0.2) is 24.0 Å². The smallest absolute Gasteiger partial charge is 0.257 e. The van der Waals surface area contributed by atoms with Crippen LogP contribution in [0.5, 0.6) is 0 Å². The molecule has 1 fully saturated rings. The number of nitrogens with one attached hydrogen (secondary N) is 1. The van der Waals surface area contributed by atoms with Gasteiger partial charge in [-0.25, -0.2) is 0 Å². The van der Waals surface area contributed by atoms with E-state index in [1.165, 1.54) is 24.7 Å². The summed E-state index contributed by atoms with van der Waals surface area (Å²) < 4.78 is 0. The van der Waals surface area contributed by atoms with Gasteiger partial charge in [-0.3, -0.25) is 9.78 Å². The van der Waals surface area contributed by atoms with Crippen LogP contribution in [-0.2, 0) is 0 Å². The molecule has 5 heteroatoms. The maximum atomic E-state index is 12.1.